The molecule has 3 fully saturated rings. The quantitative estimate of drug-likeness (QED) is 0.0200. The van der Waals surface area contributed by atoms with Crippen LogP contribution in [-0.2, 0) is 33.2 Å². The Bertz CT molecular complexity index is 1790. The van der Waals surface area contributed by atoms with E-state index < -0.39 is 124 Å². The van der Waals surface area contributed by atoms with E-state index >= 15 is 0 Å². The minimum absolute atomic E-state index is 0.241. The number of aliphatic hydroxyl groups excluding tert-OH is 11. The summed E-state index contributed by atoms with van der Waals surface area (Å²) < 4.78 is 34.3. The van der Waals surface area contributed by atoms with E-state index in [2.05, 4.69) is 55.6 Å². The molecule has 1 amide bonds. The molecule has 0 spiro atoms. The van der Waals surface area contributed by atoms with E-state index in [4.69, 9.17) is 28.4 Å². The monoisotopic (exact) mass is 1260 g/mol. The van der Waals surface area contributed by atoms with Crippen molar-refractivity contribution < 1.29 is 89.4 Å². The van der Waals surface area contributed by atoms with E-state index in [0.717, 1.165) is 64.2 Å². The number of unbranched alkanes of at least 4 members (excludes halogenated alkanes) is 31. The summed E-state index contributed by atoms with van der Waals surface area (Å²) >= 11 is 0. The predicted molar refractivity (Wildman–Crippen MR) is 342 cm³/mol. The summed E-state index contributed by atoms with van der Waals surface area (Å²) in [7, 11) is 0. The van der Waals surface area contributed by atoms with Gasteiger partial charge >= 0.3 is 0 Å². The Labute approximate surface area is 529 Å². The molecule has 3 heterocycles. The molecule has 17 atom stereocenters. The molecule has 3 aliphatic rings. The second-order valence-corrected chi connectivity index (χ2v) is 25.0. The van der Waals surface area contributed by atoms with E-state index in [9.17, 15) is 61.0 Å². The molecule has 88 heavy (non-hydrogen) atoms. The molecule has 12 N–H and O–H groups in total. The van der Waals surface area contributed by atoms with Crippen molar-refractivity contribution in [2.45, 2.75) is 356 Å². The molecule has 0 saturated carbocycles. The van der Waals surface area contributed by atoms with Gasteiger partial charge in [-0.05, 0) is 57.8 Å². The third-order valence-electron chi connectivity index (χ3n) is 17.4. The van der Waals surface area contributed by atoms with Crippen molar-refractivity contribution >= 4 is 5.91 Å². The predicted octanol–water partition coefficient (Wildman–Crippen LogP) is 9.00. The summed E-state index contributed by atoms with van der Waals surface area (Å²) in [5.41, 5.74) is 0. The summed E-state index contributed by atoms with van der Waals surface area (Å²) in [6.45, 7) is 1.73. The molecule has 3 aliphatic heterocycles. The van der Waals surface area contributed by atoms with Gasteiger partial charge in [0.25, 0.3) is 0 Å². The second-order valence-electron chi connectivity index (χ2n) is 25.0. The maximum atomic E-state index is 13.4. The van der Waals surface area contributed by atoms with Crippen LogP contribution in [0.1, 0.15) is 251 Å². The van der Waals surface area contributed by atoms with Crippen molar-refractivity contribution in [3.8, 4) is 0 Å². The van der Waals surface area contributed by atoms with Gasteiger partial charge < -0.3 is 89.9 Å². The van der Waals surface area contributed by atoms with Gasteiger partial charge in [0.1, 0.15) is 73.2 Å². The third-order valence-corrected chi connectivity index (χ3v) is 17.4. The lowest BCUT2D eigenvalue weighted by Gasteiger charge is -2.48. The minimum Gasteiger partial charge on any atom is -0.394 e. The first kappa shape index (κ1) is 80.0. The number of nitrogens with one attached hydrogen (secondary N) is 1. The Morgan fingerprint density at radius 2 is 0.750 bits per heavy atom. The van der Waals surface area contributed by atoms with Crippen LogP contribution in [0.2, 0.25) is 0 Å². The molecule has 19 nitrogen and oxygen atoms in total. The van der Waals surface area contributed by atoms with Gasteiger partial charge in [-0.1, -0.05) is 236 Å². The number of aliphatic hydroxyl groups is 11. The number of rotatable bonds is 53. The second kappa shape index (κ2) is 51.2. The van der Waals surface area contributed by atoms with Gasteiger partial charge in [0.2, 0.25) is 5.91 Å². The van der Waals surface area contributed by atoms with Gasteiger partial charge in [0, 0.05) is 6.42 Å². The van der Waals surface area contributed by atoms with Gasteiger partial charge in [-0.2, -0.15) is 0 Å². The zero-order chi connectivity index (χ0) is 64.0. The molecular formula is C69H125NO18. The maximum absolute atomic E-state index is 13.4. The smallest absolute Gasteiger partial charge is 0.220 e. The van der Waals surface area contributed by atoms with Crippen molar-refractivity contribution in [1.29, 1.82) is 0 Å². The normalized spacial score (nSPS) is 28.7. The summed E-state index contributed by atoms with van der Waals surface area (Å²) in [5.74, 6) is -0.277. The lowest BCUT2D eigenvalue weighted by Crippen LogP contribution is -2.66. The fraction of sp³-hybridized carbons (Fsp3) is 0.870. The Hall–Kier alpha value is -2.25. The summed E-state index contributed by atoms with van der Waals surface area (Å²) in [4.78, 5) is 13.4. The van der Waals surface area contributed by atoms with Gasteiger partial charge in [-0.15, -0.1) is 0 Å². The molecule has 0 aromatic heterocycles. The summed E-state index contributed by atoms with van der Waals surface area (Å²) in [6, 6.07) is -0.975. The van der Waals surface area contributed by atoms with E-state index in [1.165, 1.54) is 161 Å². The zero-order valence-electron chi connectivity index (χ0n) is 54.2. The molecule has 0 aliphatic carbocycles. The Morgan fingerprint density at radius 3 is 1.17 bits per heavy atom. The largest absolute Gasteiger partial charge is 0.394 e. The molecule has 0 radical (unpaired) electrons. The Morgan fingerprint density at radius 1 is 0.409 bits per heavy atom. The van der Waals surface area contributed by atoms with Crippen molar-refractivity contribution in [2.24, 2.45) is 0 Å². The Balaban J connectivity index is 1.42. The lowest BCUT2D eigenvalue weighted by molar-refractivity contribution is -0.379. The van der Waals surface area contributed by atoms with Gasteiger partial charge in [0.05, 0.1) is 38.6 Å². The fourth-order valence-electron chi connectivity index (χ4n) is 11.7. The van der Waals surface area contributed by atoms with Crippen molar-refractivity contribution in [1.82, 2.24) is 5.32 Å². The number of carbonyl (C=O) groups excluding carboxylic acids is 1. The topological polar surface area (TPSA) is 307 Å². The van der Waals surface area contributed by atoms with Gasteiger partial charge in [0.15, 0.2) is 18.9 Å². The van der Waals surface area contributed by atoms with Crippen LogP contribution >= 0.6 is 0 Å². The zero-order valence-corrected chi connectivity index (χ0v) is 54.2. The molecule has 0 bridgehead atoms. The van der Waals surface area contributed by atoms with E-state index in [1.807, 2.05) is 6.08 Å². The Kier molecular flexibility index (Phi) is 46.5. The highest BCUT2D eigenvalue weighted by Gasteiger charge is 2.53. The van der Waals surface area contributed by atoms with Crippen LogP contribution in [-0.4, -0.2) is 193 Å². The van der Waals surface area contributed by atoms with Crippen LogP contribution in [0, 0.1) is 0 Å². The third kappa shape index (κ3) is 33.0. The minimum atomic E-state index is -1.98. The summed E-state index contributed by atoms with van der Waals surface area (Å²) in [6.07, 6.45) is 33.7. The van der Waals surface area contributed by atoms with Crippen LogP contribution in [0.25, 0.3) is 0 Å². The van der Waals surface area contributed by atoms with Gasteiger partial charge in [-0.25, -0.2) is 0 Å². The van der Waals surface area contributed by atoms with Crippen LogP contribution < -0.4 is 5.32 Å². The fourth-order valence-corrected chi connectivity index (χ4v) is 11.7. The lowest BCUT2D eigenvalue weighted by atomic mass is 9.96. The van der Waals surface area contributed by atoms with Crippen LogP contribution in [0.3, 0.4) is 0 Å². The molecule has 17 unspecified atom stereocenters. The summed E-state index contributed by atoms with van der Waals surface area (Å²) in [5, 5.41) is 120. The van der Waals surface area contributed by atoms with Crippen molar-refractivity contribution in [3.63, 3.8) is 0 Å². The first-order chi connectivity index (χ1) is 42.8. The van der Waals surface area contributed by atoms with Gasteiger partial charge in [-0.3, -0.25) is 4.79 Å². The standard InChI is InChI=1S/C69H125NO18/c1-3-5-7-9-11-13-15-17-19-21-22-23-24-25-26-27-28-29-30-31-33-35-37-39-41-43-45-47-57(75)70-52(53(74)46-44-42-40-38-36-34-32-20-18-16-14-12-10-8-6-4-2)51-83-67-63(81)60(78)65(55(49-72)85-67)88-69-64(82)61(79)66(56(50-73)86-69)87-68-62(80)59(77)58(76)54(48-71)84-68/h15,17,21-22,24-25,44,46,52-56,58-69,71-74,76-82H,3-14,16,18-20,23,26-43,45,47-51H2,1-2H3,(H,70,75)/b17-15-,22-21-,25-24-,46-44+. The van der Waals surface area contributed by atoms with Crippen LogP contribution in [0.15, 0.2) is 48.6 Å². The maximum Gasteiger partial charge on any atom is 0.220 e. The number of hydrogen-bond donors (Lipinski definition) is 12. The number of ether oxygens (including phenoxy) is 6. The van der Waals surface area contributed by atoms with Crippen LogP contribution in [0.5, 0.6) is 0 Å². The van der Waals surface area contributed by atoms with E-state index in [0.29, 0.717) is 6.42 Å². The average Bonchev–Trinajstić information content (AvgIpc) is 3.39. The first-order valence-electron chi connectivity index (χ1n) is 34.9. The average molecular weight is 1260 g/mol. The van der Waals surface area contributed by atoms with Crippen molar-refractivity contribution in [3.05, 3.63) is 48.6 Å². The molecule has 3 saturated heterocycles. The van der Waals surface area contributed by atoms with E-state index in [1.54, 1.807) is 6.08 Å². The molecule has 19 heteroatoms. The highest BCUT2D eigenvalue weighted by Crippen LogP contribution is 2.33. The molecule has 0 aromatic carbocycles. The van der Waals surface area contributed by atoms with E-state index in [-0.39, 0.29) is 18.9 Å². The molecule has 3 rings (SSSR count). The number of allylic oxidation sites excluding steroid dienone is 7. The van der Waals surface area contributed by atoms with Crippen molar-refractivity contribution in [2.75, 3.05) is 26.4 Å². The number of amides is 1. The molecule has 514 valence electrons. The number of carbonyl (C=O) groups is 1. The van der Waals surface area contributed by atoms with Crippen LogP contribution in [0.4, 0.5) is 0 Å². The molecule has 0 aromatic rings. The highest BCUT2D eigenvalue weighted by atomic mass is 16.8. The first-order valence-corrected chi connectivity index (χ1v) is 34.9. The molecular weight excluding hydrogens is 1130 g/mol. The highest BCUT2D eigenvalue weighted by molar-refractivity contribution is 5.76. The number of hydrogen-bond acceptors (Lipinski definition) is 18. The SMILES string of the molecule is CCCCCCC/C=C\C/C=C\C/C=C\CCCCCCCCCCCCCCC(=O)NC(COC1OC(CO)C(OC2OC(CO)C(OC3OC(CO)C(O)C(O)C3O)C(O)C2O)C(O)C1O)C(O)/C=C/CCCCCCCCCCCCCCCC.